The molecule has 2 aromatic rings. The van der Waals surface area contributed by atoms with Crippen molar-refractivity contribution in [3.8, 4) is 6.07 Å². The molecule has 1 aromatic heterocycles. The molecule has 0 aliphatic carbocycles. The second-order valence-corrected chi connectivity index (χ2v) is 7.45. The third-order valence-corrected chi connectivity index (χ3v) is 5.59. The first-order chi connectivity index (χ1) is 13.1. The Morgan fingerprint density at radius 2 is 2.00 bits per heavy atom. The molecule has 1 aliphatic heterocycles. The molecule has 3 rings (SSSR count). The number of carbonyl (C=O) groups is 1. The lowest BCUT2D eigenvalue weighted by Gasteiger charge is -2.28. The first-order valence-corrected chi connectivity index (χ1v) is 9.51. The lowest BCUT2D eigenvalue weighted by Crippen LogP contribution is -2.39. The van der Waals surface area contributed by atoms with Crippen LogP contribution in [0.5, 0.6) is 0 Å². The number of hydrogen-bond donors (Lipinski definition) is 2. The maximum absolute atomic E-state index is 13.3. The topological polar surface area (TPSA) is 95.0 Å². The zero-order valence-electron chi connectivity index (χ0n) is 15.3. The van der Waals surface area contributed by atoms with Crippen molar-refractivity contribution in [3.63, 3.8) is 0 Å². The van der Waals surface area contributed by atoms with Crippen LogP contribution in [-0.2, 0) is 10.2 Å². The van der Waals surface area contributed by atoms with E-state index in [9.17, 15) is 10.1 Å². The maximum atomic E-state index is 13.3. The molecule has 1 aliphatic rings. The molecule has 27 heavy (non-hydrogen) atoms. The first kappa shape index (κ1) is 19.0. The fourth-order valence-electron chi connectivity index (χ4n) is 3.26. The van der Waals surface area contributed by atoms with Crippen LogP contribution in [0, 0.1) is 11.3 Å². The molecule has 1 aromatic carbocycles. The van der Waals surface area contributed by atoms with E-state index in [1.165, 1.54) is 11.8 Å². The van der Waals surface area contributed by atoms with Crippen molar-refractivity contribution in [3.05, 3.63) is 70.5 Å². The van der Waals surface area contributed by atoms with Gasteiger partial charge in [0.15, 0.2) is 0 Å². The van der Waals surface area contributed by atoms with Crippen LogP contribution in [0.3, 0.4) is 0 Å². The predicted octanol–water partition coefficient (Wildman–Crippen LogP) is 1.99. The molecule has 0 radical (unpaired) electrons. The highest BCUT2D eigenvalue weighted by molar-refractivity contribution is 8.03. The van der Waals surface area contributed by atoms with Gasteiger partial charge in [-0.2, -0.15) is 5.26 Å². The highest BCUT2D eigenvalue weighted by Gasteiger charge is 2.52. The van der Waals surface area contributed by atoms with E-state index in [0.717, 1.165) is 11.3 Å². The van der Waals surface area contributed by atoms with Crippen molar-refractivity contribution < 1.29 is 4.79 Å². The summed E-state index contributed by atoms with van der Waals surface area (Å²) in [6, 6.07) is 13.6. The van der Waals surface area contributed by atoms with Gasteiger partial charge in [-0.05, 0) is 29.3 Å². The van der Waals surface area contributed by atoms with Crippen molar-refractivity contribution >= 4 is 23.4 Å². The van der Waals surface area contributed by atoms with E-state index in [4.69, 9.17) is 5.73 Å². The zero-order valence-corrected chi connectivity index (χ0v) is 16.1. The molecule has 1 amide bonds. The number of nitrogens with one attached hydrogen (secondary N) is 1. The second-order valence-electron chi connectivity index (χ2n) is 6.34. The number of thioether (sulfide) groups is 1. The number of hydrogen-bond acceptors (Lipinski definition) is 6. The molecule has 0 saturated carbocycles. The highest BCUT2D eigenvalue weighted by Crippen LogP contribution is 2.46. The number of aromatic nitrogens is 1. The number of amides is 1. The summed E-state index contributed by atoms with van der Waals surface area (Å²) in [5.74, 6) is 0.368. The van der Waals surface area contributed by atoms with E-state index in [0.29, 0.717) is 28.5 Å². The third-order valence-electron chi connectivity index (χ3n) is 4.56. The molecule has 0 spiro atoms. The van der Waals surface area contributed by atoms with Gasteiger partial charge >= 0.3 is 0 Å². The van der Waals surface area contributed by atoms with Gasteiger partial charge in [0.2, 0.25) is 5.91 Å². The van der Waals surface area contributed by atoms with Crippen molar-refractivity contribution in [1.82, 2.24) is 10.3 Å². The molecule has 0 saturated heterocycles. The molecule has 1 atom stereocenters. The normalized spacial score (nSPS) is 19.0. The van der Waals surface area contributed by atoms with Crippen LogP contribution in [0.4, 0.5) is 5.69 Å². The first-order valence-electron chi connectivity index (χ1n) is 8.53. The van der Waals surface area contributed by atoms with Crippen LogP contribution in [0.25, 0.3) is 0 Å². The summed E-state index contributed by atoms with van der Waals surface area (Å²) < 4.78 is 0. The Morgan fingerprint density at radius 1 is 1.26 bits per heavy atom. The Balaban J connectivity index is 2.24. The van der Waals surface area contributed by atoms with Gasteiger partial charge in [0.05, 0.1) is 16.7 Å². The quantitative estimate of drug-likeness (QED) is 0.797. The fraction of sp³-hybridized carbons (Fsp3) is 0.250. The third kappa shape index (κ3) is 3.18. The summed E-state index contributed by atoms with van der Waals surface area (Å²) in [6.45, 7) is 0.459. The number of carbonyl (C=O) groups excluding carboxylic acids is 1. The molecule has 2 heterocycles. The van der Waals surface area contributed by atoms with E-state index in [1.54, 1.807) is 18.5 Å². The standard InChI is InChI=1S/C20H21N5OS/c1-25(2)16-7-5-14(6-8-16)20(15-4-3-10-23-13-15)17(12-22)18(24-19(20)26)27-11-9-21/h3-8,10,13H,9,11,21H2,1-2H3,(H,24,26). The molecule has 0 fully saturated rings. The van der Waals surface area contributed by atoms with E-state index in [2.05, 4.69) is 16.4 Å². The van der Waals surface area contributed by atoms with Crippen LogP contribution in [-0.4, -0.2) is 37.3 Å². The summed E-state index contributed by atoms with van der Waals surface area (Å²) in [7, 11) is 3.91. The number of nitrogens with zero attached hydrogens (tertiary/aromatic N) is 3. The van der Waals surface area contributed by atoms with Gasteiger partial charge in [-0.15, -0.1) is 11.8 Å². The molecule has 138 valence electrons. The molecular formula is C20H21N5OS. The minimum Gasteiger partial charge on any atom is -0.378 e. The Labute approximate surface area is 163 Å². The monoisotopic (exact) mass is 379 g/mol. The number of nitriles is 1. The second kappa shape index (κ2) is 7.82. The molecule has 1 unspecified atom stereocenters. The Morgan fingerprint density at radius 3 is 2.56 bits per heavy atom. The summed E-state index contributed by atoms with van der Waals surface area (Å²) >= 11 is 1.39. The van der Waals surface area contributed by atoms with E-state index in [1.807, 2.05) is 49.3 Å². The van der Waals surface area contributed by atoms with E-state index in [-0.39, 0.29) is 5.91 Å². The molecular weight excluding hydrogens is 358 g/mol. The summed E-state index contributed by atoms with van der Waals surface area (Å²) in [5, 5.41) is 13.4. The summed E-state index contributed by atoms with van der Waals surface area (Å²) in [5.41, 5.74) is 7.19. The van der Waals surface area contributed by atoms with Crippen LogP contribution < -0.4 is 16.0 Å². The Kier molecular flexibility index (Phi) is 5.49. The van der Waals surface area contributed by atoms with Gasteiger partial charge in [0.25, 0.3) is 0 Å². The minimum absolute atomic E-state index is 0.246. The van der Waals surface area contributed by atoms with Gasteiger partial charge in [-0.1, -0.05) is 18.2 Å². The van der Waals surface area contributed by atoms with Crippen LogP contribution in [0.15, 0.2) is 59.4 Å². The van der Waals surface area contributed by atoms with Crippen molar-refractivity contribution in [2.24, 2.45) is 5.73 Å². The average Bonchev–Trinajstić information content (AvgIpc) is 2.99. The number of anilines is 1. The lowest BCUT2D eigenvalue weighted by atomic mass is 9.70. The molecule has 3 N–H and O–H groups in total. The fourth-order valence-corrected chi connectivity index (χ4v) is 4.09. The number of benzene rings is 1. The van der Waals surface area contributed by atoms with Gasteiger partial charge in [0.1, 0.15) is 5.41 Å². The van der Waals surface area contributed by atoms with Gasteiger partial charge in [-0.25, -0.2) is 0 Å². The minimum atomic E-state index is -1.22. The highest BCUT2D eigenvalue weighted by atomic mass is 32.2. The number of nitrogens with two attached hydrogens (primary N) is 1. The summed E-state index contributed by atoms with van der Waals surface area (Å²) in [4.78, 5) is 19.4. The van der Waals surface area contributed by atoms with Crippen molar-refractivity contribution in [2.45, 2.75) is 5.41 Å². The SMILES string of the molecule is CN(C)c1ccc(C2(c3cccnc3)C(=O)NC(SCCN)=C2C#N)cc1. The van der Waals surface area contributed by atoms with Crippen LogP contribution >= 0.6 is 11.8 Å². The largest absolute Gasteiger partial charge is 0.378 e. The molecule has 0 bridgehead atoms. The van der Waals surface area contributed by atoms with Gasteiger partial charge in [0, 0.05) is 44.5 Å². The predicted molar refractivity (Wildman–Crippen MR) is 108 cm³/mol. The molecule has 6 nitrogen and oxygen atoms in total. The van der Waals surface area contributed by atoms with Crippen LogP contribution in [0.1, 0.15) is 11.1 Å². The maximum Gasteiger partial charge on any atom is 0.245 e. The smallest absolute Gasteiger partial charge is 0.245 e. The summed E-state index contributed by atoms with van der Waals surface area (Å²) in [6.07, 6.45) is 3.30. The average molecular weight is 379 g/mol. The van der Waals surface area contributed by atoms with Crippen molar-refractivity contribution in [2.75, 3.05) is 31.3 Å². The van der Waals surface area contributed by atoms with Crippen molar-refractivity contribution in [1.29, 1.82) is 5.26 Å². The van der Waals surface area contributed by atoms with Gasteiger partial charge in [-0.3, -0.25) is 9.78 Å². The molecule has 7 heteroatoms. The number of pyridine rings is 1. The van der Waals surface area contributed by atoms with Crippen LogP contribution in [0.2, 0.25) is 0 Å². The van der Waals surface area contributed by atoms with Gasteiger partial charge < -0.3 is 16.0 Å². The Bertz CT molecular complexity index is 902. The van der Waals surface area contributed by atoms with E-state index < -0.39 is 5.41 Å². The lowest BCUT2D eigenvalue weighted by molar-refractivity contribution is -0.122. The Hall–Kier alpha value is -2.82. The number of rotatable bonds is 6. The van der Waals surface area contributed by atoms with E-state index >= 15 is 0 Å². The zero-order chi connectivity index (χ0) is 19.4.